The van der Waals surface area contributed by atoms with Crippen LogP contribution in [0.25, 0.3) is 11.1 Å². The van der Waals surface area contributed by atoms with Crippen molar-refractivity contribution in [2.45, 2.75) is 0 Å². The third-order valence-electron chi connectivity index (χ3n) is 4.19. The SMILES string of the molecule is Nc1cccc(-c2ccc(C(=O)N3CCN(C(=O)O)CC3)cc2)c1. The zero-order chi connectivity index (χ0) is 17.1. The molecule has 0 spiro atoms. The van der Waals surface area contributed by atoms with Gasteiger partial charge in [-0.05, 0) is 35.4 Å². The number of hydrogen-bond donors (Lipinski definition) is 2. The molecule has 6 nitrogen and oxygen atoms in total. The first-order chi connectivity index (χ1) is 11.5. The number of carbonyl (C=O) groups is 2. The summed E-state index contributed by atoms with van der Waals surface area (Å²) in [5.41, 5.74) is 9.10. The van der Waals surface area contributed by atoms with Crippen LogP contribution in [0, 0.1) is 0 Å². The quantitative estimate of drug-likeness (QED) is 0.830. The number of benzene rings is 2. The van der Waals surface area contributed by atoms with Crippen molar-refractivity contribution in [1.82, 2.24) is 9.80 Å². The first-order valence-corrected chi connectivity index (χ1v) is 7.78. The largest absolute Gasteiger partial charge is 0.465 e. The lowest BCUT2D eigenvalue weighted by molar-refractivity contribution is 0.0625. The Morgan fingerprint density at radius 3 is 2.08 bits per heavy atom. The molecule has 0 aliphatic carbocycles. The van der Waals surface area contributed by atoms with E-state index < -0.39 is 6.09 Å². The normalized spacial score (nSPS) is 14.5. The number of nitrogens with two attached hydrogens (primary N) is 1. The van der Waals surface area contributed by atoms with Crippen molar-refractivity contribution < 1.29 is 14.7 Å². The Kier molecular flexibility index (Phi) is 4.37. The number of hydrogen-bond acceptors (Lipinski definition) is 3. The molecule has 2 aromatic rings. The first-order valence-electron chi connectivity index (χ1n) is 7.78. The van der Waals surface area contributed by atoms with Gasteiger partial charge in [-0.15, -0.1) is 0 Å². The second-order valence-electron chi connectivity index (χ2n) is 5.76. The topological polar surface area (TPSA) is 86.9 Å². The van der Waals surface area contributed by atoms with E-state index in [2.05, 4.69) is 0 Å². The minimum atomic E-state index is -0.936. The summed E-state index contributed by atoms with van der Waals surface area (Å²) >= 11 is 0. The molecular weight excluding hydrogens is 306 g/mol. The van der Waals surface area contributed by atoms with Crippen molar-refractivity contribution >= 4 is 17.7 Å². The van der Waals surface area contributed by atoms with Crippen LogP contribution in [0.5, 0.6) is 0 Å². The van der Waals surface area contributed by atoms with Crippen LogP contribution in [0.2, 0.25) is 0 Å². The molecule has 2 amide bonds. The summed E-state index contributed by atoms with van der Waals surface area (Å²) in [5, 5.41) is 8.95. The van der Waals surface area contributed by atoms with Gasteiger partial charge in [0.25, 0.3) is 5.91 Å². The number of nitrogens with zero attached hydrogens (tertiary/aromatic N) is 2. The molecule has 3 rings (SSSR count). The molecule has 0 bridgehead atoms. The van der Waals surface area contributed by atoms with Crippen LogP contribution in [0.4, 0.5) is 10.5 Å². The molecule has 1 fully saturated rings. The van der Waals surface area contributed by atoms with E-state index in [9.17, 15) is 9.59 Å². The van der Waals surface area contributed by atoms with Crippen molar-refractivity contribution in [3.8, 4) is 11.1 Å². The molecule has 3 N–H and O–H groups in total. The Hall–Kier alpha value is -3.02. The highest BCUT2D eigenvalue weighted by Gasteiger charge is 2.24. The van der Waals surface area contributed by atoms with Crippen LogP contribution in [-0.2, 0) is 0 Å². The Morgan fingerprint density at radius 1 is 0.875 bits per heavy atom. The third kappa shape index (κ3) is 3.32. The second kappa shape index (κ2) is 6.62. The highest BCUT2D eigenvalue weighted by molar-refractivity contribution is 5.95. The molecule has 1 heterocycles. The fraction of sp³-hybridized carbons (Fsp3) is 0.222. The lowest BCUT2D eigenvalue weighted by atomic mass is 10.0. The molecule has 1 saturated heterocycles. The van der Waals surface area contributed by atoms with Crippen LogP contribution in [0.1, 0.15) is 10.4 Å². The minimum absolute atomic E-state index is 0.0702. The Balaban J connectivity index is 1.69. The van der Waals surface area contributed by atoms with E-state index in [0.717, 1.165) is 11.1 Å². The van der Waals surface area contributed by atoms with Crippen molar-refractivity contribution in [1.29, 1.82) is 0 Å². The standard InChI is InChI=1S/C18H19N3O3/c19-16-3-1-2-15(12-16)13-4-6-14(7-5-13)17(22)20-8-10-21(11-9-20)18(23)24/h1-7,12H,8-11,19H2,(H,23,24). The maximum Gasteiger partial charge on any atom is 0.407 e. The summed E-state index contributed by atoms with van der Waals surface area (Å²) in [6.07, 6.45) is -0.936. The number of piperazine rings is 1. The predicted molar refractivity (Wildman–Crippen MR) is 91.8 cm³/mol. The molecule has 0 saturated carbocycles. The lowest BCUT2D eigenvalue weighted by Gasteiger charge is -2.33. The fourth-order valence-electron chi connectivity index (χ4n) is 2.81. The highest BCUT2D eigenvalue weighted by atomic mass is 16.4. The van der Waals surface area contributed by atoms with Crippen molar-refractivity contribution in [3.63, 3.8) is 0 Å². The van der Waals surface area contributed by atoms with Gasteiger partial charge >= 0.3 is 6.09 Å². The summed E-state index contributed by atoms with van der Waals surface area (Å²) in [5.74, 6) is -0.0702. The van der Waals surface area contributed by atoms with Gasteiger partial charge in [-0.3, -0.25) is 4.79 Å². The van der Waals surface area contributed by atoms with Crippen molar-refractivity contribution in [2.24, 2.45) is 0 Å². The van der Waals surface area contributed by atoms with E-state index in [4.69, 9.17) is 10.8 Å². The maximum absolute atomic E-state index is 12.5. The van der Waals surface area contributed by atoms with Gasteiger partial charge in [0, 0.05) is 37.4 Å². The van der Waals surface area contributed by atoms with Crippen LogP contribution in [0.15, 0.2) is 48.5 Å². The van der Waals surface area contributed by atoms with Crippen molar-refractivity contribution in [3.05, 3.63) is 54.1 Å². The number of amides is 2. The molecule has 1 aliphatic heterocycles. The van der Waals surface area contributed by atoms with E-state index in [1.807, 2.05) is 36.4 Å². The zero-order valence-electron chi connectivity index (χ0n) is 13.2. The summed E-state index contributed by atoms with van der Waals surface area (Å²) in [6, 6.07) is 15.0. The van der Waals surface area contributed by atoms with Gasteiger partial charge in [-0.2, -0.15) is 0 Å². The molecule has 1 aliphatic rings. The number of rotatable bonds is 2. The Bertz CT molecular complexity index is 750. The number of nitrogen functional groups attached to an aromatic ring is 1. The molecule has 124 valence electrons. The third-order valence-corrected chi connectivity index (χ3v) is 4.19. The molecule has 0 aromatic heterocycles. The van der Waals surface area contributed by atoms with Crippen LogP contribution in [0.3, 0.4) is 0 Å². The van der Waals surface area contributed by atoms with Gasteiger partial charge in [-0.25, -0.2) is 4.79 Å². The molecule has 0 atom stereocenters. The van der Waals surface area contributed by atoms with E-state index in [-0.39, 0.29) is 5.91 Å². The Labute approximate surface area is 140 Å². The number of carboxylic acid groups (broad SMARTS) is 1. The smallest absolute Gasteiger partial charge is 0.407 e. The maximum atomic E-state index is 12.5. The van der Waals surface area contributed by atoms with E-state index in [1.54, 1.807) is 17.0 Å². The molecule has 6 heteroatoms. The van der Waals surface area contributed by atoms with E-state index in [0.29, 0.717) is 37.4 Å². The van der Waals surface area contributed by atoms with Gasteiger partial charge in [0.15, 0.2) is 0 Å². The summed E-state index contributed by atoms with van der Waals surface area (Å²) in [7, 11) is 0. The number of carbonyl (C=O) groups excluding carboxylic acids is 1. The van der Waals surface area contributed by atoms with E-state index in [1.165, 1.54) is 4.90 Å². The Morgan fingerprint density at radius 2 is 1.50 bits per heavy atom. The second-order valence-corrected chi connectivity index (χ2v) is 5.76. The zero-order valence-corrected chi connectivity index (χ0v) is 13.2. The van der Waals surface area contributed by atoms with Crippen LogP contribution in [-0.4, -0.2) is 53.1 Å². The molecule has 2 aromatic carbocycles. The van der Waals surface area contributed by atoms with Gasteiger partial charge in [0.1, 0.15) is 0 Å². The molecule has 24 heavy (non-hydrogen) atoms. The highest BCUT2D eigenvalue weighted by Crippen LogP contribution is 2.22. The first kappa shape index (κ1) is 15.9. The van der Waals surface area contributed by atoms with Crippen molar-refractivity contribution in [2.75, 3.05) is 31.9 Å². The van der Waals surface area contributed by atoms with Gasteiger partial charge in [0.05, 0.1) is 0 Å². The minimum Gasteiger partial charge on any atom is -0.465 e. The average Bonchev–Trinajstić information content (AvgIpc) is 2.61. The van der Waals surface area contributed by atoms with Crippen LogP contribution < -0.4 is 5.73 Å². The monoisotopic (exact) mass is 325 g/mol. The van der Waals surface area contributed by atoms with Gasteiger partial charge in [-0.1, -0.05) is 24.3 Å². The van der Waals surface area contributed by atoms with Gasteiger partial charge < -0.3 is 20.6 Å². The molecular formula is C18H19N3O3. The molecule has 0 radical (unpaired) electrons. The molecule has 0 unspecified atom stereocenters. The summed E-state index contributed by atoms with van der Waals surface area (Å²) < 4.78 is 0. The summed E-state index contributed by atoms with van der Waals surface area (Å²) in [4.78, 5) is 26.4. The number of anilines is 1. The van der Waals surface area contributed by atoms with Gasteiger partial charge in [0.2, 0.25) is 0 Å². The predicted octanol–water partition coefficient (Wildman–Crippen LogP) is 2.37. The fourth-order valence-corrected chi connectivity index (χ4v) is 2.81. The van der Waals surface area contributed by atoms with E-state index >= 15 is 0 Å². The lowest BCUT2D eigenvalue weighted by Crippen LogP contribution is -2.50. The summed E-state index contributed by atoms with van der Waals surface area (Å²) in [6.45, 7) is 1.54. The average molecular weight is 325 g/mol. The van der Waals surface area contributed by atoms with Crippen LogP contribution >= 0.6 is 0 Å².